The average molecular weight is 381 g/mol. The molecule has 0 fully saturated rings. The first-order valence-corrected chi connectivity index (χ1v) is 9.65. The number of aryl methyl sites for hydroxylation is 2. The van der Waals surface area contributed by atoms with Crippen molar-refractivity contribution in [2.75, 3.05) is 11.9 Å². The maximum atomic E-state index is 12.5. The van der Waals surface area contributed by atoms with Gasteiger partial charge in [-0.2, -0.15) is 0 Å². The highest BCUT2D eigenvalue weighted by atomic mass is 16.3. The van der Waals surface area contributed by atoms with Crippen molar-refractivity contribution in [1.29, 1.82) is 0 Å². The molecule has 1 aliphatic heterocycles. The van der Waals surface area contributed by atoms with E-state index in [9.17, 15) is 14.7 Å². The maximum Gasteiger partial charge on any atom is 0.243 e. The molecule has 0 saturated carbocycles. The Balaban J connectivity index is 1.43. The van der Waals surface area contributed by atoms with Crippen molar-refractivity contribution < 1.29 is 14.7 Å². The predicted molar refractivity (Wildman–Crippen MR) is 109 cm³/mol. The molecule has 6 heteroatoms. The second-order valence-corrected chi connectivity index (χ2v) is 7.30. The van der Waals surface area contributed by atoms with E-state index in [1.165, 1.54) is 5.56 Å². The number of amides is 2. The van der Waals surface area contributed by atoms with E-state index in [-0.39, 0.29) is 17.6 Å². The van der Waals surface area contributed by atoms with Crippen molar-refractivity contribution in [2.45, 2.75) is 45.2 Å². The zero-order chi connectivity index (χ0) is 20.1. The molecule has 0 spiro atoms. The molecular weight excluding hydrogens is 354 g/mol. The fourth-order valence-electron chi connectivity index (χ4n) is 3.48. The molecular formula is C22H27N3O3. The predicted octanol–water partition coefficient (Wildman–Crippen LogP) is 2.29. The number of carbonyl (C=O) groups excluding carboxylic acids is 2. The van der Waals surface area contributed by atoms with E-state index in [1.54, 1.807) is 19.1 Å². The summed E-state index contributed by atoms with van der Waals surface area (Å²) in [7, 11) is 0. The highest BCUT2D eigenvalue weighted by Crippen LogP contribution is 2.32. The summed E-state index contributed by atoms with van der Waals surface area (Å²) in [5.41, 5.74) is 3.99. The molecule has 2 amide bonds. The molecule has 4 N–H and O–H groups in total. The monoisotopic (exact) mass is 381 g/mol. The number of benzene rings is 2. The van der Waals surface area contributed by atoms with Crippen LogP contribution in [0, 0.1) is 6.92 Å². The van der Waals surface area contributed by atoms with Gasteiger partial charge in [-0.15, -0.1) is 0 Å². The van der Waals surface area contributed by atoms with Gasteiger partial charge in [0.25, 0.3) is 0 Å². The summed E-state index contributed by atoms with van der Waals surface area (Å²) in [6.45, 7) is 4.16. The summed E-state index contributed by atoms with van der Waals surface area (Å²) in [5.74, 6) is -0.235. The lowest BCUT2D eigenvalue weighted by Crippen LogP contribution is -2.49. The van der Waals surface area contributed by atoms with Crippen LogP contribution in [0.2, 0.25) is 0 Å². The molecule has 6 nitrogen and oxygen atoms in total. The van der Waals surface area contributed by atoms with Crippen LogP contribution in [-0.2, 0) is 22.4 Å². The number of hydrogen-bond acceptors (Lipinski definition) is 4. The summed E-state index contributed by atoms with van der Waals surface area (Å²) in [4.78, 5) is 24.8. The Morgan fingerprint density at radius 1 is 1.25 bits per heavy atom. The number of aromatic hydroxyl groups is 1. The van der Waals surface area contributed by atoms with E-state index in [0.717, 1.165) is 29.7 Å². The Hall–Kier alpha value is -3.02. The van der Waals surface area contributed by atoms with E-state index in [4.69, 9.17) is 0 Å². The number of nitrogens with one attached hydrogen (secondary N) is 3. The summed E-state index contributed by atoms with van der Waals surface area (Å²) >= 11 is 0. The van der Waals surface area contributed by atoms with Gasteiger partial charge >= 0.3 is 0 Å². The molecule has 1 aliphatic rings. The Bertz CT molecular complexity index is 852. The molecule has 3 rings (SSSR count). The van der Waals surface area contributed by atoms with E-state index >= 15 is 0 Å². The van der Waals surface area contributed by atoms with Gasteiger partial charge in [-0.25, -0.2) is 0 Å². The van der Waals surface area contributed by atoms with Crippen LogP contribution in [0.15, 0.2) is 42.5 Å². The van der Waals surface area contributed by atoms with Gasteiger partial charge in [0, 0.05) is 24.7 Å². The summed E-state index contributed by atoms with van der Waals surface area (Å²) < 4.78 is 0. The molecule has 0 saturated heterocycles. The minimum Gasteiger partial charge on any atom is -0.508 e. The van der Waals surface area contributed by atoms with E-state index < -0.39 is 12.1 Å². The van der Waals surface area contributed by atoms with Crippen molar-refractivity contribution in [3.05, 3.63) is 59.2 Å². The van der Waals surface area contributed by atoms with Crippen LogP contribution >= 0.6 is 0 Å². The van der Waals surface area contributed by atoms with Crippen molar-refractivity contribution in [2.24, 2.45) is 0 Å². The molecule has 2 aromatic carbocycles. The van der Waals surface area contributed by atoms with E-state index in [2.05, 4.69) is 28.1 Å². The number of phenols is 1. The maximum absolute atomic E-state index is 12.5. The third-order valence-corrected chi connectivity index (χ3v) is 5.05. The SMILES string of the molecule is Cc1cc(O)cc2c1CC(C(=O)NC(C)C(=O)NCCCc1ccccc1)N2. The zero-order valence-electron chi connectivity index (χ0n) is 16.3. The minimum absolute atomic E-state index is 0.174. The number of anilines is 1. The van der Waals surface area contributed by atoms with Crippen molar-refractivity contribution >= 4 is 17.5 Å². The summed E-state index contributed by atoms with van der Waals surface area (Å²) in [5, 5.41) is 18.5. The highest BCUT2D eigenvalue weighted by molar-refractivity contribution is 5.92. The Labute approximate surface area is 165 Å². The van der Waals surface area contributed by atoms with Crippen molar-refractivity contribution in [1.82, 2.24) is 10.6 Å². The first-order chi connectivity index (χ1) is 13.4. The van der Waals surface area contributed by atoms with Crippen LogP contribution in [0.25, 0.3) is 0 Å². The highest BCUT2D eigenvalue weighted by Gasteiger charge is 2.29. The molecule has 28 heavy (non-hydrogen) atoms. The van der Waals surface area contributed by atoms with Gasteiger partial charge in [-0.05, 0) is 49.4 Å². The van der Waals surface area contributed by atoms with Crippen LogP contribution in [-0.4, -0.2) is 35.5 Å². The Kier molecular flexibility index (Phi) is 6.19. The molecule has 0 bridgehead atoms. The van der Waals surface area contributed by atoms with Crippen LogP contribution in [0.5, 0.6) is 5.75 Å². The number of rotatable bonds is 7. The standard InChI is InChI=1S/C22H27N3O3/c1-14-11-17(26)12-19-18(14)13-20(25-19)22(28)24-15(2)21(27)23-10-6-9-16-7-4-3-5-8-16/h3-5,7-8,11-12,15,20,25-26H,6,9-10,13H2,1-2H3,(H,23,27)(H,24,28). The van der Waals surface area contributed by atoms with Gasteiger partial charge in [0.1, 0.15) is 17.8 Å². The van der Waals surface area contributed by atoms with Crippen LogP contribution in [0.3, 0.4) is 0 Å². The lowest BCUT2D eigenvalue weighted by Gasteiger charge is -2.17. The number of carbonyl (C=O) groups is 2. The third kappa shape index (κ3) is 4.82. The van der Waals surface area contributed by atoms with Crippen LogP contribution in [0.4, 0.5) is 5.69 Å². The first-order valence-electron chi connectivity index (χ1n) is 9.65. The molecule has 0 aromatic heterocycles. The Morgan fingerprint density at radius 3 is 2.75 bits per heavy atom. The number of phenolic OH excluding ortho intramolecular Hbond substituents is 1. The normalized spacial score (nSPS) is 16.0. The molecule has 1 heterocycles. The molecule has 0 radical (unpaired) electrons. The molecule has 2 atom stereocenters. The van der Waals surface area contributed by atoms with Gasteiger partial charge in [0.15, 0.2) is 0 Å². The van der Waals surface area contributed by atoms with Crippen LogP contribution < -0.4 is 16.0 Å². The van der Waals surface area contributed by atoms with E-state index in [0.29, 0.717) is 13.0 Å². The van der Waals surface area contributed by atoms with E-state index in [1.807, 2.05) is 25.1 Å². The Morgan fingerprint density at radius 2 is 2.00 bits per heavy atom. The fraction of sp³-hybridized carbons (Fsp3) is 0.364. The van der Waals surface area contributed by atoms with Gasteiger partial charge < -0.3 is 21.1 Å². The topological polar surface area (TPSA) is 90.5 Å². The minimum atomic E-state index is -0.607. The summed E-state index contributed by atoms with van der Waals surface area (Å²) in [6, 6.07) is 12.4. The molecule has 0 aliphatic carbocycles. The van der Waals surface area contributed by atoms with Gasteiger partial charge in [0.2, 0.25) is 11.8 Å². The van der Waals surface area contributed by atoms with Gasteiger partial charge in [0.05, 0.1) is 0 Å². The molecule has 148 valence electrons. The third-order valence-electron chi connectivity index (χ3n) is 5.05. The van der Waals surface area contributed by atoms with Crippen molar-refractivity contribution in [3.63, 3.8) is 0 Å². The average Bonchev–Trinajstić information content (AvgIpc) is 3.10. The smallest absolute Gasteiger partial charge is 0.243 e. The molecule has 2 unspecified atom stereocenters. The first kappa shape index (κ1) is 19.7. The number of fused-ring (bicyclic) bond motifs is 1. The second-order valence-electron chi connectivity index (χ2n) is 7.30. The van der Waals surface area contributed by atoms with Gasteiger partial charge in [-0.3, -0.25) is 9.59 Å². The lowest BCUT2D eigenvalue weighted by atomic mass is 10.0. The lowest BCUT2D eigenvalue weighted by molar-refractivity contribution is -0.128. The zero-order valence-corrected chi connectivity index (χ0v) is 16.3. The second kappa shape index (κ2) is 8.78. The number of hydrogen-bond donors (Lipinski definition) is 4. The van der Waals surface area contributed by atoms with Crippen LogP contribution in [0.1, 0.15) is 30.0 Å². The quantitative estimate of drug-likeness (QED) is 0.554. The largest absolute Gasteiger partial charge is 0.508 e. The van der Waals surface area contributed by atoms with Gasteiger partial charge in [-0.1, -0.05) is 30.3 Å². The molecule has 2 aromatic rings. The fourth-order valence-corrected chi connectivity index (χ4v) is 3.48. The van der Waals surface area contributed by atoms with Crippen molar-refractivity contribution in [3.8, 4) is 5.75 Å². The summed E-state index contributed by atoms with van der Waals surface area (Å²) in [6.07, 6.45) is 2.29.